The van der Waals surface area contributed by atoms with Crippen LogP contribution in [-0.2, 0) is 5.41 Å². The Labute approximate surface area is 306 Å². The second kappa shape index (κ2) is 10.5. The van der Waals surface area contributed by atoms with E-state index in [9.17, 15) is 0 Å². The lowest BCUT2D eigenvalue weighted by atomic mass is 9.66. The van der Waals surface area contributed by atoms with Crippen LogP contribution >= 0.6 is 0 Å². The molecule has 0 amide bonds. The molecule has 0 unspecified atom stereocenters. The second-order valence-electron chi connectivity index (χ2n) is 14.3. The number of para-hydroxylation sites is 3. The first-order valence-corrected chi connectivity index (χ1v) is 18.2. The Kier molecular flexibility index (Phi) is 5.70. The first kappa shape index (κ1) is 28.7. The fourth-order valence-electron chi connectivity index (χ4n) is 9.38. The highest BCUT2D eigenvalue weighted by molar-refractivity contribution is 6.14. The molecule has 2 aliphatic rings. The number of rotatable bonds is 2. The molecule has 0 saturated heterocycles. The van der Waals surface area contributed by atoms with Gasteiger partial charge in [-0.05, 0) is 86.3 Å². The molecule has 53 heavy (non-hydrogen) atoms. The minimum Gasteiger partial charge on any atom is -0.457 e. The van der Waals surface area contributed by atoms with E-state index in [1.165, 1.54) is 66.2 Å². The van der Waals surface area contributed by atoms with E-state index < -0.39 is 5.41 Å². The number of imidazole rings is 1. The summed E-state index contributed by atoms with van der Waals surface area (Å²) >= 11 is 0. The third-order valence-electron chi connectivity index (χ3n) is 11.7. The van der Waals surface area contributed by atoms with Crippen LogP contribution < -0.4 is 4.74 Å². The summed E-state index contributed by atoms with van der Waals surface area (Å²) in [5, 5.41) is 3.61. The molecule has 1 aliphatic heterocycles. The Morgan fingerprint density at radius 2 is 0.962 bits per heavy atom. The maximum absolute atomic E-state index is 6.67. The first-order chi connectivity index (χ1) is 26.3. The van der Waals surface area contributed by atoms with Crippen LogP contribution in [0.25, 0.3) is 71.7 Å². The van der Waals surface area contributed by atoms with Gasteiger partial charge in [0.2, 0.25) is 0 Å². The molecule has 3 heteroatoms. The fraction of sp³-hybridized carbons (Fsp3) is 0.0200. The van der Waals surface area contributed by atoms with Crippen molar-refractivity contribution >= 4 is 38.4 Å². The highest BCUT2D eigenvalue weighted by Gasteiger charge is 2.50. The Hall–Kier alpha value is -6.97. The summed E-state index contributed by atoms with van der Waals surface area (Å²) in [6, 6.07) is 65.9. The van der Waals surface area contributed by atoms with E-state index in [1.54, 1.807) is 0 Å². The van der Waals surface area contributed by atoms with Crippen LogP contribution in [-0.4, -0.2) is 9.38 Å². The van der Waals surface area contributed by atoms with Crippen LogP contribution in [0.5, 0.6) is 11.5 Å². The summed E-state index contributed by atoms with van der Waals surface area (Å²) in [7, 11) is 0. The van der Waals surface area contributed by atoms with Crippen molar-refractivity contribution in [3.63, 3.8) is 0 Å². The van der Waals surface area contributed by atoms with Gasteiger partial charge >= 0.3 is 0 Å². The Balaban J connectivity index is 1.01. The predicted molar refractivity (Wildman–Crippen MR) is 216 cm³/mol. The topological polar surface area (TPSA) is 26.5 Å². The van der Waals surface area contributed by atoms with Crippen molar-refractivity contribution in [2.75, 3.05) is 0 Å². The van der Waals surface area contributed by atoms with Gasteiger partial charge in [0.25, 0.3) is 0 Å². The second-order valence-corrected chi connectivity index (χ2v) is 14.3. The molecule has 0 N–H and O–H groups in total. The van der Waals surface area contributed by atoms with Gasteiger partial charge in [-0.25, -0.2) is 4.98 Å². The lowest BCUT2D eigenvalue weighted by Crippen LogP contribution is -2.32. The first-order valence-electron chi connectivity index (χ1n) is 18.2. The van der Waals surface area contributed by atoms with E-state index in [-0.39, 0.29) is 0 Å². The van der Waals surface area contributed by atoms with E-state index in [4.69, 9.17) is 9.72 Å². The largest absolute Gasteiger partial charge is 0.457 e. The number of nitrogens with zero attached hydrogens (tertiary/aromatic N) is 2. The highest BCUT2D eigenvalue weighted by atomic mass is 16.5. The maximum Gasteiger partial charge on any atom is 0.146 e. The van der Waals surface area contributed by atoms with Crippen LogP contribution in [0.1, 0.15) is 22.3 Å². The summed E-state index contributed by atoms with van der Waals surface area (Å²) in [6.45, 7) is 0. The maximum atomic E-state index is 6.67. The number of ether oxygens (including phenoxy) is 1. The van der Waals surface area contributed by atoms with Crippen molar-refractivity contribution in [2.24, 2.45) is 0 Å². The van der Waals surface area contributed by atoms with Crippen LogP contribution in [0.15, 0.2) is 182 Å². The standard InChI is InChI=1S/C50H30N2O/c1-2-14-39-35(11-1)38-27-25-34(30-46(38)52-45-19-9-8-18-44(45)51-49(39)52)32-23-21-31(22-24-32)33-26-28-48-43(29-33)50(42-17-7-10-20-47(42)53-48)40-15-5-3-12-36(40)37-13-4-6-16-41(37)50/h1-30H. The molecule has 0 atom stereocenters. The van der Waals surface area contributed by atoms with Gasteiger partial charge in [-0.3, -0.25) is 4.40 Å². The van der Waals surface area contributed by atoms with Crippen molar-refractivity contribution in [1.82, 2.24) is 9.38 Å². The Bertz CT molecular complexity index is 3110. The Morgan fingerprint density at radius 1 is 0.396 bits per heavy atom. The molecule has 12 rings (SSSR count). The van der Waals surface area contributed by atoms with E-state index in [0.717, 1.165) is 39.3 Å². The molecule has 1 spiro atoms. The van der Waals surface area contributed by atoms with Crippen LogP contribution in [0.4, 0.5) is 0 Å². The minimum atomic E-state index is -0.481. The monoisotopic (exact) mass is 674 g/mol. The number of pyridine rings is 1. The van der Waals surface area contributed by atoms with Crippen molar-refractivity contribution in [2.45, 2.75) is 5.41 Å². The third-order valence-corrected chi connectivity index (χ3v) is 11.7. The molecule has 1 aliphatic carbocycles. The summed E-state index contributed by atoms with van der Waals surface area (Å²) in [6.07, 6.45) is 0. The molecular formula is C50H30N2O. The molecule has 3 nitrogen and oxygen atoms in total. The number of hydrogen-bond donors (Lipinski definition) is 0. The molecule has 246 valence electrons. The van der Waals surface area contributed by atoms with E-state index in [0.29, 0.717) is 0 Å². The SMILES string of the molecule is c1ccc2c(c1)Oc1ccc(-c3ccc(-c4ccc5c6ccccc6c6nc7ccccc7n6c5c4)cc3)cc1C21c2ccccc2-c2ccccc21. The van der Waals surface area contributed by atoms with Crippen LogP contribution in [0.2, 0.25) is 0 Å². The summed E-state index contributed by atoms with van der Waals surface area (Å²) in [5.41, 5.74) is 16.0. The minimum absolute atomic E-state index is 0.481. The molecule has 10 aromatic rings. The van der Waals surface area contributed by atoms with Crippen LogP contribution in [0, 0.1) is 0 Å². The molecule has 0 fully saturated rings. The van der Waals surface area contributed by atoms with Crippen molar-refractivity contribution in [1.29, 1.82) is 0 Å². The lowest BCUT2D eigenvalue weighted by molar-refractivity contribution is 0.436. The predicted octanol–water partition coefficient (Wildman–Crippen LogP) is 12.6. The number of benzene rings is 8. The number of aromatic nitrogens is 2. The van der Waals surface area contributed by atoms with E-state index in [1.807, 2.05) is 0 Å². The number of fused-ring (bicyclic) bond motifs is 17. The van der Waals surface area contributed by atoms with E-state index >= 15 is 0 Å². The van der Waals surface area contributed by atoms with Gasteiger partial charge in [0, 0.05) is 21.9 Å². The van der Waals surface area contributed by atoms with Gasteiger partial charge in [0.1, 0.15) is 17.1 Å². The van der Waals surface area contributed by atoms with Gasteiger partial charge in [-0.2, -0.15) is 0 Å². The van der Waals surface area contributed by atoms with Gasteiger partial charge < -0.3 is 4.74 Å². The van der Waals surface area contributed by atoms with Gasteiger partial charge in [0.15, 0.2) is 0 Å². The smallest absolute Gasteiger partial charge is 0.146 e. The fourth-order valence-corrected chi connectivity index (χ4v) is 9.38. The highest BCUT2D eigenvalue weighted by Crippen LogP contribution is 2.62. The average molecular weight is 675 g/mol. The van der Waals surface area contributed by atoms with Gasteiger partial charge in [0.05, 0.1) is 22.0 Å². The van der Waals surface area contributed by atoms with Crippen LogP contribution in [0.3, 0.4) is 0 Å². The molecule has 0 radical (unpaired) electrons. The normalized spacial score (nSPS) is 13.6. The molecule has 8 aromatic carbocycles. The molecule has 0 saturated carbocycles. The Morgan fingerprint density at radius 3 is 1.74 bits per heavy atom. The van der Waals surface area contributed by atoms with Gasteiger partial charge in [-0.1, -0.05) is 146 Å². The summed E-state index contributed by atoms with van der Waals surface area (Å²) in [4.78, 5) is 5.09. The molecule has 0 bridgehead atoms. The zero-order chi connectivity index (χ0) is 34.7. The summed E-state index contributed by atoms with van der Waals surface area (Å²) in [5.74, 6) is 1.81. The molecular weight excluding hydrogens is 645 g/mol. The van der Waals surface area contributed by atoms with Crippen molar-refractivity contribution in [3.8, 4) is 44.9 Å². The molecule has 2 aromatic heterocycles. The average Bonchev–Trinajstić information content (AvgIpc) is 3.76. The number of hydrogen-bond acceptors (Lipinski definition) is 2. The van der Waals surface area contributed by atoms with Gasteiger partial charge in [-0.15, -0.1) is 0 Å². The third kappa shape index (κ3) is 3.80. The lowest BCUT2D eigenvalue weighted by Gasteiger charge is -2.39. The zero-order valence-electron chi connectivity index (χ0n) is 28.6. The zero-order valence-corrected chi connectivity index (χ0v) is 28.6. The van der Waals surface area contributed by atoms with Crippen molar-refractivity contribution in [3.05, 3.63) is 204 Å². The molecule has 3 heterocycles. The van der Waals surface area contributed by atoms with Crippen molar-refractivity contribution < 1.29 is 4.74 Å². The quantitative estimate of drug-likeness (QED) is 0.171. The van der Waals surface area contributed by atoms with E-state index in [2.05, 4.69) is 186 Å². The summed E-state index contributed by atoms with van der Waals surface area (Å²) < 4.78 is 9.00.